The number of rotatable bonds is 3. The van der Waals surface area contributed by atoms with Crippen LogP contribution < -0.4 is 9.80 Å². The van der Waals surface area contributed by atoms with Crippen molar-refractivity contribution in [3.05, 3.63) is 42.0 Å². The first-order valence-electron chi connectivity index (χ1n) is 12.4. The highest BCUT2D eigenvalue weighted by Crippen LogP contribution is 2.56. The summed E-state index contributed by atoms with van der Waals surface area (Å²) in [5.41, 5.74) is 4.35. The number of nitrogens with zero attached hydrogens (tertiary/aromatic N) is 1. The quantitative estimate of drug-likeness (QED) is 0.598. The molecule has 0 spiro atoms. The summed E-state index contributed by atoms with van der Waals surface area (Å²) >= 11 is 0. The van der Waals surface area contributed by atoms with Crippen molar-refractivity contribution in [2.75, 3.05) is 31.1 Å². The van der Waals surface area contributed by atoms with Crippen molar-refractivity contribution in [3.8, 4) is 0 Å². The van der Waals surface area contributed by atoms with Gasteiger partial charge in [-0.25, -0.2) is 0 Å². The Morgan fingerprint density at radius 3 is 2.97 bits per heavy atom. The third-order valence-corrected chi connectivity index (χ3v) is 8.98. The molecular weight excluding hydrogens is 384 g/mol. The zero-order valence-corrected chi connectivity index (χ0v) is 19.5. The van der Waals surface area contributed by atoms with Gasteiger partial charge in [0.25, 0.3) is 0 Å². The Morgan fingerprint density at radius 1 is 1.35 bits per heavy atom. The molecule has 2 saturated heterocycles. The Hall–Kier alpha value is -1.81. The van der Waals surface area contributed by atoms with E-state index in [2.05, 4.69) is 56.5 Å². The Kier molecular flexibility index (Phi) is 5.40. The Balaban J connectivity index is 1.25. The molecule has 1 aromatic rings. The minimum atomic E-state index is 0.0667. The fraction of sp³-hybridized carbons (Fsp3) is 0.667. The molecule has 2 saturated carbocycles. The number of carbonyl (C=O) groups is 1. The van der Waals surface area contributed by atoms with Crippen molar-refractivity contribution in [2.24, 2.45) is 23.2 Å². The molecule has 0 aromatic heterocycles. The van der Waals surface area contributed by atoms with E-state index in [1.807, 2.05) is 0 Å². The van der Waals surface area contributed by atoms with E-state index in [1.165, 1.54) is 36.1 Å². The second-order valence-electron chi connectivity index (χ2n) is 11.2. The summed E-state index contributed by atoms with van der Waals surface area (Å²) in [5.74, 6) is 1.10. The molecular formula is C27H39N2O2+. The van der Waals surface area contributed by atoms with Crippen LogP contribution in [0, 0.1) is 30.1 Å². The minimum absolute atomic E-state index is 0.0667. The van der Waals surface area contributed by atoms with Crippen molar-refractivity contribution < 1.29 is 14.4 Å². The van der Waals surface area contributed by atoms with E-state index in [0.29, 0.717) is 17.9 Å². The second-order valence-corrected chi connectivity index (χ2v) is 11.2. The van der Waals surface area contributed by atoms with Gasteiger partial charge in [-0.05, 0) is 75.0 Å². The second kappa shape index (κ2) is 7.95. The van der Waals surface area contributed by atoms with E-state index >= 15 is 0 Å². The number of fused-ring (bicyclic) bond motifs is 2. The van der Waals surface area contributed by atoms with Gasteiger partial charge in [-0.2, -0.15) is 0 Å². The lowest BCUT2D eigenvalue weighted by molar-refractivity contribution is -0.905. The predicted octanol–water partition coefficient (Wildman–Crippen LogP) is 3.40. The molecule has 2 heterocycles. The molecule has 5 rings (SSSR count). The third kappa shape index (κ3) is 3.82. The Morgan fingerprint density at radius 2 is 2.19 bits per heavy atom. The fourth-order valence-corrected chi connectivity index (χ4v) is 7.31. The van der Waals surface area contributed by atoms with Gasteiger partial charge in [-0.3, -0.25) is 4.79 Å². The van der Waals surface area contributed by atoms with Crippen molar-refractivity contribution in [1.82, 2.24) is 0 Å². The van der Waals surface area contributed by atoms with Crippen molar-refractivity contribution in [2.45, 2.75) is 65.0 Å². The van der Waals surface area contributed by atoms with E-state index in [9.17, 15) is 4.79 Å². The highest BCUT2D eigenvalue weighted by Gasteiger charge is 2.56. The van der Waals surface area contributed by atoms with E-state index in [4.69, 9.17) is 4.74 Å². The maximum absolute atomic E-state index is 12.9. The van der Waals surface area contributed by atoms with Crippen LogP contribution in [0.4, 0.5) is 5.69 Å². The van der Waals surface area contributed by atoms with E-state index in [1.54, 1.807) is 4.90 Å². The van der Waals surface area contributed by atoms with E-state index in [-0.39, 0.29) is 23.4 Å². The number of ether oxygens (including phenoxy) is 1. The molecule has 0 bridgehead atoms. The Bertz CT molecular complexity index is 867. The average Bonchev–Trinajstić information content (AvgIpc) is 3.00. The molecule has 4 aliphatic rings. The van der Waals surface area contributed by atoms with Gasteiger partial charge in [0.05, 0.1) is 32.2 Å². The summed E-state index contributed by atoms with van der Waals surface area (Å²) in [6.07, 6.45) is 5.95. The van der Waals surface area contributed by atoms with Gasteiger partial charge in [0.15, 0.2) is 0 Å². The number of anilines is 1. The molecule has 1 unspecified atom stereocenters. The standard InChI is InChI=1S/C27H38N2O2/c1-18-7-5-9-21(13-18)29-12-11-28(16-20(29)3)17-23-22-14-24-19(2)8-6-10-27(24,4)15-25(22)31-26(23)30/h5,7,9,13,20,22-25H,2,6,8,10-12,14-17H2,1,3-4H3/p+1/t20-,22+,23+,24-,25+,27+/m0/s1. The molecule has 2 aliphatic carbocycles. The SMILES string of the molecule is C=C1CCC[C@]2(C)C[C@H]3OC(=O)[C@H](C[NH+]4CCN(c5cccc(C)c5)[C@@H](C)C4)[C@H]3C[C@@H]12. The van der Waals surface area contributed by atoms with Gasteiger partial charge in [0, 0.05) is 11.6 Å². The zero-order valence-electron chi connectivity index (χ0n) is 19.5. The van der Waals surface area contributed by atoms with Gasteiger partial charge < -0.3 is 14.5 Å². The normalized spacial score (nSPS) is 40.3. The fourth-order valence-electron chi connectivity index (χ4n) is 7.31. The van der Waals surface area contributed by atoms with Crippen molar-refractivity contribution in [1.29, 1.82) is 0 Å². The van der Waals surface area contributed by atoms with Crippen LogP contribution in [-0.2, 0) is 9.53 Å². The molecule has 168 valence electrons. The van der Waals surface area contributed by atoms with Crippen LogP contribution in [-0.4, -0.2) is 44.3 Å². The molecule has 1 N–H and O–H groups in total. The number of hydrogen-bond acceptors (Lipinski definition) is 3. The highest BCUT2D eigenvalue weighted by atomic mass is 16.6. The first-order valence-corrected chi connectivity index (χ1v) is 12.4. The lowest BCUT2D eigenvalue weighted by Crippen LogP contribution is -3.16. The molecule has 7 atom stereocenters. The molecule has 0 amide bonds. The summed E-state index contributed by atoms with van der Waals surface area (Å²) in [6, 6.07) is 9.31. The van der Waals surface area contributed by atoms with Crippen molar-refractivity contribution >= 4 is 11.7 Å². The largest absolute Gasteiger partial charge is 0.462 e. The van der Waals surface area contributed by atoms with Crippen LogP contribution in [0.2, 0.25) is 0 Å². The monoisotopic (exact) mass is 423 g/mol. The molecule has 31 heavy (non-hydrogen) atoms. The lowest BCUT2D eigenvalue weighted by Gasteiger charge is -2.50. The maximum Gasteiger partial charge on any atom is 0.315 e. The van der Waals surface area contributed by atoms with Crippen LogP contribution in [0.15, 0.2) is 36.4 Å². The number of esters is 1. The number of hydrogen-bond donors (Lipinski definition) is 1. The molecule has 4 fully saturated rings. The van der Waals surface area contributed by atoms with Gasteiger partial charge >= 0.3 is 5.97 Å². The minimum Gasteiger partial charge on any atom is -0.462 e. The molecule has 4 nitrogen and oxygen atoms in total. The predicted molar refractivity (Wildman–Crippen MR) is 124 cm³/mol. The van der Waals surface area contributed by atoms with Gasteiger partial charge in [0.2, 0.25) is 0 Å². The van der Waals surface area contributed by atoms with Crippen molar-refractivity contribution in [3.63, 3.8) is 0 Å². The topological polar surface area (TPSA) is 34.0 Å². The molecule has 2 aliphatic heterocycles. The number of piperazine rings is 1. The third-order valence-electron chi connectivity index (χ3n) is 8.98. The first kappa shape index (κ1) is 21.1. The van der Waals surface area contributed by atoms with Crippen LogP contribution >= 0.6 is 0 Å². The van der Waals surface area contributed by atoms with E-state index < -0.39 is 0 Å². The molecule has 0 radical (unpaired) electrons. The first-order chi connectivity index (χ1) is 14.8. The molecule has 4 heteroatoms. The van der Waals surface area contributed by atoms with E-state index in [0.717, 1.165) is 39.0 Å². The summed E-state index contributed by atoms with van der Waals surface area (Å²) in [4.78, 5) is 17.0. The number of allylic oxidation sites excluding steroid dienone is 1. The summed E-state index contributed by atoms with van der Waals surface area (Å²) < 4.78 is 6.01. The number of carbonyl (C=O) groups excluding carboxylic acids is 1. The maximum atomic E-state index is 12.9. The lowest BCUT2D eigenvalue weighted by atomic mass is 9.55. The molecule has 1 aromatic carbocycles. The highest BCUT2D eigenvalue weighted by molar-refractivity contribution is 5.75. The van der Waals surface area contributed by atoms with Crippen LogP contribution in [0.1, 0.15) is 51.5 Å². The smallest absolute Gasteiger partial charge is 0.315 e. The summed E-state index contributed by atoms with van der Waals surface area (Å²) in [6.45, 7) is 15.5. The van der Waals surface area contributed by atoms with Gasteiger partial charge in [-0.1, -0.05) is 31.2 Å². The number of benzene rings is 1. The summed E-state index contributed by atoms with van der Waals surface area (Å²) in [5, 5.41) is 0. The van der Waals surface area contributed by atoms with Gasteiger partial charge in [-0.15, -0.1) is 0 Å². The Labute approximate surface area is 187 Å². The van der Waals surface area contributed by atoms with Crippen LogP contribution in [0.5, 0.6) is 0 Å². The summed E-state index contributed by atoms with van der Waals surface area (Å²) in [7, 11) is 0. The average molecular weight is 424 g/mol. The number of aryl methyl sites for hydroxylation is 1. The zero-order chi connectivity index (χ0) is 21.8. The number of nitrogens with one attached hydrogen (secondary N) is 1. The van der Waals surface area contributed by atoms with Gasteiger partial charge in [0.1, 0.15) is 12.0 Å². The van der Waals surface area contributed by atoms with Crippen LogP contribution in [0.25, 0.3) is 0 Å². The van der Waals surface area contributed by atoms with Crippen LogP contribution in [0.3, 0.4) is 0 Å². The number of quaternary nitrogens is 1.